The van der Waals surface area contributed by atoms with E-state index in [4.69, 9.17) is 4.74 Å². The van der Waals surface area contributed by atoms with Crippen LogP contribution in [-0.2, 0) is 4.74 Å². The lowest BCUT2D eigenvalue weighted by atomic mass is 10.1. The molecule has 0 radical (unpaired) electrons. The van der Waals surface area contributed by atoms with Gasteiger partial charge >= 0.3 is 0 Å². The van der Waals surface area contributed by atoms with Crippen molar-refractivity contribution in [3.05, 3.63) is 0 Å². The van der Waals surface area contributed by atoms with Crippen molar-refractivity contribution in [2.24, 2.45) is 0 Å². The van der Waals surface area contributed by atoms with Crippen LogP contribution < -0.4 is 5.32 Å². The lowest BCUT2D eigenvalue weighted by Crippen LogP contribution is -2.35. The number of nitrogens with one attached hydrogen (secondary N) is 1. The van der Waals surface area contributed by atoms with Crippen LogP contribution in [0.5, 0.6) is 0 Å². The smallest absolute Gasteiger partial charge is 0.0626 e. The number of rotatable bonds is 7. The maximum atomic E-state index is 5.82. The third kappa shape index (κ3) is 6.05. The standard InChI is InChI=1S/C11H25NO/c1-6-8-10(12-5)9-13-11(3,4)7-2/h10,12H,6-9H2,1-5H3. The number of likely N-dealkylation sites (N-methyl/N-ethyl adjacent to an activating group) is 1. The first kappa shape index (κ1) is 12.9. The fraction of sp³-hybridized carbons (Fsp3) is 1.00. The quantitative estimate of drug-likeness (QED) is 0.661. The highest BCUT2D eigenvalue weighted by molar-refractivity contribution is 4.69. The molecule has 80 valence electrons. The van der Waals surface area contributed by atoms with Gasteiger partial charge in [0, 0.05) is 6.04 Å². The molecule has 0 aromatic rings. The van der Waals surface area contributed by atoms with E-state index in [-0.39, 0.29) is 5.60 Å². The maximum absolute atomic E-state index is 5.82. The third-order valence-electron chi connectivity index (χ3n) is 2.57. The van der Waals surface area contributed by atoms with Gasteiger partial charge in [-0.2, -0.15) is 0 Å². The Morgan fingerprint density at radius 2 is 1.92 bits per heavy atom. The normalized spacial score (nSPS) is 14.5. The molecule has 0 spiro atoms. The molecule has 1 unspecified atom stereocenters. The van der Waals surface area contributed by atoms with Crippen molar-refractivity contribution < 1.29 is 4.74 Å². The summed E-state index contributed by atoms with van der Waals surface area (Å²) < 4.78 is 5.82. The van der Waals surface area contributed by atoms with E-state index in [2.05, 4.69) is 33.0 Å². The molecule has 0 fully saturated rings. The Kier molecular flexibility index (Phi) is 6.35. The third-order valence-corrected chi connectivity index (χ3v) is 2.57. The second-order valence-corrected chi connectivity index (χ2v) is 4.20. The Hall–Kier alpha value is -0.0800. The Morgan fingerprint density at radius 1 is 1.31 bits per heavy atom. The SMILES string of the molecule is CCCC(COC(C)(C)CC)NC. The molecular weight excluding hydrogens is 162 g/mol. The second-order valence-electron chi connectivity index (χ2n) is 4.20. The molecular formula is C11H25NO. The van der Waals surface area contributed by atoms with Crippen LogP contribution in [0.2, 0.25) is 0 Å². The monoisotopic (exact) mass is 187 g/mol. The van der Waals surface area contributed by atoms with Crippen molar-refractivity contribution in [2.75, 3.05) is 13.7 Å². The molecule has 0 rings (SSSR count). The highest BCUT2D eigenvalue weighted by Gasteiger charge is 2.17. The van der Waals surface area contributed by atoms with Gasteiger partial charge in [-0.05, 0) is 33.7 Å². The van der Waals surface area contributed by atoms with E-state index in [0.29, 0.717) is 6.04 Å². The Morgan fingerprint density at radius 3 is 2.31 bits per heavy atom. The van der Waals surface area contributed by atoms with Crippen LogP contribution in [-0.4, -0.2) is 25.3 Å². The summed E-state index contributed by atoms with van der Waals surface area (Å²) in [5.74, 6) is 0. The van der Waals surface area contributed by atoms with E-state index < -0.39 is 0 Å². The number of hydrogen-bond acceptors (Lipinski definition) is 2. The van der Waals surface area contributed by atoms with Gasteiger partial charge in [-0.1, -0.05) is 20.3 Å². The van der Waals surface area contributed by atoms with Crippen molar-refractivity contribution in [3.63, 3.8) is 0 Å². The predicted octanol–water partition coefficient (Wildman–Crippen LogP) is 2.58. The van der Waals surface area contributed by atoms with Crippen molar-refractivity contribution in [2.45, 2.75) is 58.6 Å². The summed E-state index contributed by atoms with van der Waals surface area (Å²) in [7, 11) is 2.00. The molecule has 0 bridgehead atoms. The minimum absolute atomic E-state index is 0.0306. The Balaban J connectivity index is 3.70. The number of hydrogen-bond donors (Lipinski definition) is 1. The molecule has 0 aromatic carbocycles. The zero-order valence-corrected chi connectivity index (χ0v) is 9.81. The van der Waals surface area contributed by atoms with Crippen molar-refractivity contribution in [3.8, 4) is 0 Å². The van der Waals surface area contributed by atoms with Gasteiger partial charge in [-0.3, -0.25) is 0 Å². The second kappa shape index (κ2) is 6.39. The molecule has 0 saturated carbocycles. The highest BCUT2D eigenvalue weighted by atomic mass is 16.5. The molecule has 0 aliphatic rings. The summed E-state index contributed by atoms with van der Waals surface area (Å²) in [6.07, 6.45) is 3.47. The van der Waals surface area contributed by atoms with E-state index in [9.17, 15) is 0 Å². The zero-order chi connectivity index (χ0) is 10.3. The molecule has 2 nitrogen and oxygen atoms in total. The first-order valence-electron chi connectivity index (χ1n) is 5.37. The predicted molar refractivity (Wildman–Crippen MR) is 58.1 cm³/mol. The van der Waals surface area contributed by atoms with Gasteiger partial charge in [0.05, 0.1) is 12.2 Å². The average Bonchev–Trinajstić information content (AvgIpc) is 2.12. The number of ether oxygens (including phenoxy) is 1. The minimum atomic E-state index is 0.0306. The van der Waals surface area contributed by atoms with Crippen LogP contribution in [0.15, 0.2) is 0 Å². The average molecular weight is 187 g/mol. The lowest BCUT2D eigenvalue weighted by Gasteiger charge is -2.26. The summed E-state index contributed by atoms with van der Waals surface area (Å²) in [4.78, 5) is 0. The molecule has 0 saturated heterocycles. The molecule has 0 aromatic heterocycles. The summed E-state index contributed by atoms with van der Waals surface area (Å²) in [6.45, 7) is 9.48. The van der Waals surface area contributed by atoms with Crippen molar-refractivity contribution in [1.29, 1.82) is 0 Å². The summed E-state index contributed by atoms with van der Waals surface area (Å²) in [5.41, 5.74) is 0.0306. The molecule has 13 heavy (non-hydrogen) atoms. The molecule has 0 aliphatic carbocycles. The molecule has 1 N–H and O–H groups in total. The molecule has 0 heterocycles. The highest BCUT2D eigenvalue weighted by Crippen LogP contribution is 2.14. The van der Waals surface area contributed by atoms with Gasteiger partial charge in [0.1, 0.15) is 0 Å². The van der Waals surface area contributed by atoms with Gasteiger partial charge in [0.25, 0.3) is 0 Å². The van der Waals surface area contributed by atoms with Crippen LogP contribution in [0, 0.1) is 0 Å². The topological polar surface area (TPSA) is 21.3 Å². The molecule has 1 atom stereocenters. The van der Waals surface area contributed by atoms with E-state index >= 15 is 0 Å². The van der Waals surface area contributed by atoms with Gasteiger partial charge in [0.2, 0.25) is 0 Å². The van der Waals surface area contributed by atoms with Gasteiger partial charge in [-0.15, -0.1) is 0 Å². The van der Waals surface area contributed by atoms with E-state index in [1.54, 1.807) is 0 Å². The first-order chi connectivity index (χ1) is 6.05. The minimum Gasteiger partial charge on any atom is -0.374 e. The maximum Gasteiger partial charge on any atom is 0.0626 e. The van der Waals surface area contributed by atoms with E-state index in [1.807, 2.05) is 7.05 Å². The van der Waals surface area contributed by atoms with Crippen LogP contribution in [0.25, 0.3) is 0 Å². The Bertz CT molecular complexity index is 123. The van der Waals surface area contributed by atoms with E-state index in [1.165, 1.54) is 12.8 Å². The zero-order valence-electron chi connectivity index (χ0n) is 9.81. The van der Waals surface area contributed by atoms with Crippen LogP contribution in [0.4, 0.5) is 0 Å². The van der Waals surface area contributed by atoms with Crippen LogP contribution >= 0.6 is 0 Å². The Labute approximate surface area is 83.1 Å². The van der Waals surface area contributed by atoms with E-state index in [0.717, 1.165) is 13.0 Å². The van der Waals surface area contributed by atoms with Crippen molar-refractivity contribution in [1.82, 2.24) is 5.32 Å². The fourth-order valence-corrected chi connectivity index (χ4v) is 1.09. The van der Waals surface area contributed by atoms with Crippen LogP contribution in [0.1, 0.15) is 47.0 Å². The van der Waals surface area contributed by atoms with Crippen LogP contribution in [0.3, 0.4) is 0 Å². The first-order valence-corrected chi connectivity index (χ1v) is 5.37. The largest absolute Gasteiger partial charge is 0.374 e. The summed E-state index contributed by atoms with van der Waals surface area (Å²) >= 11 is 0. The van der Waals surface area contributed by atoms with Gasteiger partial charge in [0.15, 0.2) is 0 Å². The molecule has 0 aliphatic heterocycles. The van der Waals surface area contributed by atoms with Gasteiger partial charge < -0.3 is 10.1 Å². The summed E-state index contributed by atoms with van der Waals surface area (Å²) in [6, 6.07) is 0.510. The van der Waals surface area contributed by atoms with Crippen molar-refractivity contribution >= 4 is 0 Å². The van der Waals surface area contributed by atoms with Gasteiger partial charge in [-0.25, -0.2) is 0 Å². The molecule has 0 amide bonds. The lowest BCUT2D eigenvalue weighted by molar-refractivity contribution is -0.0305. The molecule has 2 heteroatoms. The summed E-state index contributed by atoms with van der Waals surface area (Å²) in [5, 5.41) is 3.27. The fourth-order valence-electron chi connectivity index (χ4n) is 1.09.